The van der Waals surface area contributed by atoms with Crippen molar-refractivity contribution in [2.45, 2.75) is 81.3 Å². The molecule has 6 nitrogen and oxygen atoms in total. The molecule has 0 aliphatic rings. The first-order chi connectivity index (χ1) is 17.6. The van der Waals surface area contributed by atoms with Crippen LogP contribution in [0.15, 0.2) is 34.3 Å². The quantitative estimate of drug-likeness (QED) is 0.268. The van der Waals surface area contributed by atoms with Crippen molar-refractivity contribution in [3.8, 4) is 0 Å². The third-order valence-corrected chi connectivity index (χ3v) is 6.91. The van der Waals surface area contributed by atoms with Crippen molar-refractivity contribution in [3.05, 3.63) is 68.8 Å². The summed E-state index contributed by atoms with van der Waals surface area (Å²) in [5, 5.41) is 0. The average Bonchev–Trinajstić information content (AvgIpc) is 2.74. The lowest BCUT2D eigenvalue weighted by molar-refractivity contribution is -0.129. The topological polar surface area (TPSA) is 93.0 Å². The molecule has 0 fully saturated rings. The molecule has 2 aromatic rings. The number of hydrogen-bond acceptors (Lipinski definition) is 6. The fraction of sp³-hybridized carbons (Fsp3) is 0.438. The molecular formula is C32H40N2O4. The lowest BCUT2D eigenvalue weighted by Crippen LogP contribution is -2.23. The molecule has 0 N–H and O–H groups in total. The first-order valence-corrected chi connectivity index (χ1v) is 12.9. The van der Waals surface area contributed by atoms with E-state index < -0.39 is 23.9 Å². The van der Waals surface area contributed by atoms with Crippen LogP contribution in [0.3, 0.4) is 0 Å². The van der Waals surface area contributed by atoms with E-state index >= 15 is 0 Å². The molecule has 2 unspecified atom stereocenters. The Hall–Kier alpha value is -3.54. The molecular weight excluding hydrogens is 476 g/mol. The number of ketones is 4. The summed E-state index contributed by atoms with van der Waals surface area (Å²) in [6.45, 7) is 17.6. The second-order valence-electron chi connectivity index (χ2n) is 10.5. The zero-order valence-corrected chi connectivity index (χ0v) is 24.3. The minimum atomic E-state index is -0.962. The molecule has 0 aromatic heterocycles. The summed E-state index contributed by atoms with van der Waals surface area (Å²) in [6, 6.07) is 7.08. The van der Waals surface area contributed by atoms with E-state index in [0.717, 1.165) is 44.5 Å². The summed E-state index contributed by atoms with van der Waals surface area (Å²) < 4.78 is 0. The van der Waals surface area contributed by atoms with Crippen LogP contribution in [0.2, 0.25) is 0 Å². The van der Waals surface area contributed by atoms with Gasteiger partial charge in [0.15, 0.2) is 0 Å². The number of carbonyl (C=O) groups excluding carboxylic acids is 4. The number of benzene rings is 2. The Morgan fingerprint density at radius 2 is 0.763 bits per heavy atom. The minimum absolute atomic E-state index is 0.284. The number of nitrogens with zero attached hydrogens (tertiary/aromatic N) is 2. The highest BCUT2D eigenvalue weighted by Gasteiger charge is 2.31. The number of hydrogen-bond donors (Lipinski definition) is 0. The summed E-state index contributed by atoms with van der Waals surface area (Å²) in [7, 11) is 0. The predicted octanol–water partition coefficient (Wildman–Crippen LogP) is 6.05. The molecule has 0 spiro atoms. The first kappa shape index (κ1) is 30.7. The Morgan fingerprint density at radius 1 is 0.526 bits per heavy atom. The number of aliphatic imine (C=N–C) groups is 2. The predicted molar refractivity (Wildman–Crippen MR) is 153 cm³/mol. The van der Waals surface area contributed by atoms with E-state index in [1.54, 1.807) is 0 Å². The van der Waals surface area contributed by atoms with Gasteiger partial charge in [0.2, 0.25) is 0 Å². The van der Waals surface area contributed by atoms with Gasteiger partial charge >= 0.3 is 0 Å². The van der Waals surface area contributed by atoms with Crippen LogP contribution >= 0.6 is 0 Å². The SMILES string of the molecule is CC(=O)C(C=NC(c1c(C)cc(C)cc1C)C(N=CC(C(C)=O)C(C)=O)c1c(C)cc(C)cc1C)C(C)=O. The van der Waals surface area contributed by atoms with Crippen LogP contribution in [-0.4, -0.2) is 35.6 Å². The number of Topliss-reactive ketones (excluding diaryl/α,β-unsaturated/α-hetero) is 4. The molecule has 2 aromatic carbocycles. The highest BCUT2D eigenvalue weighted by Crippen LogP contribution is 2.41. The lowest BCUT2D eigenvalue weighted by Gasteiger charge is -2.28. The minimum Gasteiger partial charge on any atom is -0.299 e. The zero-order chi connectivity index (χ0) is 28.9. The maximum absolute atomic E-state index is 12.2. The molecule has 0 radical (unpaired) electrons. The van der Waals surface area contributed by atoms with Gasteiger partial charge in [-0.05, 0) is 103 Å². The summed E-state index contributed by atoms with van der Waals surface area (Å²) in [4.78, 5) is 58.8. The van der Waals surface area contributed by atoms with Gasteiger partial charge in [-0.3, -0.25) is 29.2 Å². The Kier molecular flexibility index (Phi) is 10.3. The van der Waals surface area contributed by atoms with Crippen molar-refractivity contribution >= 4 is 35.6 Å². The number of rotatable bonds is 11. The third kappa shape index (κ3) is 7.27. The smallest absolute Gasteiger partial charge is 0.145 e. The van der Waals surface area contributed by atoms with Crippen molar-refractivity contribution in [1.29, 1.82) is 0 Å². The van der Waals surface area contributed by atoms with Gasteiger partial charge in [0.25, 0.3) is 0 Å². The monoisotopic (exact) mass is 516 g/mol. The lowest BCUT2D eigenvalue weighted by atomic mass is 9.84. The molecule has 0 saturated carbocycles. The van der Waals surface area contributed by atoms with E-state index in [-0.39, 0.29) is 23.1 Å². The fourth-order valence-electron chi connectivity index (χ4n) is 5.29. The zero-order valence-electron chi connectivity index (χ0n) is 24.3. The molecule has 2 atom stereocenters. The van der Waals surface area contributed by atoms with Crippen molar-refractivity contribution in [3.63, 3.8) is 0 Å². The largest absolute Gasteiger partial charge is 0.299 e. The van der Waals surface area contributed by atoms with Gasteiger partial charge < -0.3 is 0 Å². The van der Waals surface area contributed by atoms with Crippen molar-refractivity contribution < 1.29 is 19.2 Å². The van der Waals surface area contributed by atoms with Crippen LogP contribution in [-0.2, 0) is 19.2 Å². The van der Waals surface area contributed by atoms with Crippen molar-refractivity contribution in [2.24, 2.45) is 21.8 Å². The van der Waals surface area contributed by atoms with Crippen molar-refractivity contribution in [2.75, 3.05) is 0 Å². The Bertz CT molecular complexity index is 1140. The van der Waals surface area contributed by atoms with Gasteiger partial charge in [-0.1, -0.05) is 35.4 Å². The van der Waals surface area contributed by atoms with Gasteiger partial charge in [0, 0.05) is 12.4 Å². The van der Waals surface area contributed by atoms with Crippen LogP contribution in [0.4, 0.5) is 0 Å². The molecule has 0 saturated heterocycles. The maximum Gasteiger partial charge on any atom is 0.145 e. The molecule has 0 aliphatic heterocycles. The van der Waals surface area contributed by atoms with Crippen LogP contribution < -0.4 is 0 Å². The van der Waals surface area contributed by atoms with Gasteiger partial charge in [-0.25, -0.2) is 0 Å². The number of aryl methyl sites for hydroxylation is 6. The van der Waals surface area contributed by atoms with Crippen molar-refractivity contribution in [1.82, 2.24) is 0 Å². The molecule has 6 heteroatoms. The van der Waals surface area contributed by atoms with Crippen LogP contribution in [0.1, 0.15) is 84.3 Å². The van der Waals surface area contributed by atoms with Gasteiger partial charge in [-0.2, -0.15) is 0 Å². The van der Waals surface area contributed by atoms with E-state index in [2.05, 4.69) is 24.3 Å². The second kappa shape index (κ2) is 12.8. The molecule has 0 aliphatic carbocycles. The van der Waals surface area contributed by atoms with E-state index in [0.29, 0.717) is 0 Å². The van der Waals surface area contributed by atoms with E-state index in [1.165, 1.54) is 40.1 Å². The van der Waals surface area contributed by atoms with Gasteiger partial charge in [0.1, 0.15) is 47.1 Å². The summed E-state index contributed by atoms with van der Waals surface area (Å²) >= 11 is 0. The van der Waals surface area contributed by atoms with Gasteiger partial charge in [-0.15, -0.1) is 0 Å². The van der Waals surface area contributed by atoms with Crippen LogP contribution in [0.5, 0.6) is 0 Å². The second-order valence-corrected chi connectivity index (χ2v) is 10.5. The van der Waals surface area contributed by atoms with E-state index in [9.17, 15) is 19.2 Å². The molecule has 2 rings (SSSR count). The Balaban J connectivity index is 2.95. The maximum atomic E-state index is 12.2. The molecule has 0 heterocycles. The van der Waals surface area contributed by atoms with Crippen LogP contribution in [0, 0.1) is 53.4 Å². The molecule has 202 valence electrons. The van der Waals surface area contributed by atoms with Crippen LogP contribution in [0.25, 0.3) is 0 Å². The Labute approximate surface area is 226 Å². The number of carbonyl (C=O) groups is 4. The Morgan fingerprint density at radius 3 is 0.974 bits per heavy atom. The average molecular weight is 517 g/mol. The molecule has 38 heavy (non-hydrogen) atoms. The van der Waals surface area contributed by atoms with E-state index in [4.69, 9.17) is 9.98 Å². The third-order valence-electron chi connectivity index (χ3n) is 6.91. The summed E-state index contributed by atoms with van der Waals surface area (Å²) in [5.74, 6) is -3.06. The highest BCUT2D eigenvalue weighted by molar-refractivity contribution is 6.13. The molecule has 0 amide bonds. The summed E-state index contributed by atoms with van der Waals surface area (Å²) in [6.07, 6.45) is 2.87. The first-order valence-electron chi connectivity index (χ1n) is 12.9. The standard InChI is InChI=1S/C32H40N2O4/c1-17-11-19(3)29(20(4)12-17)31(33-15-27(23(7)35)24(8)36)32(34-16-28(25(9)37)26(10)38)30-21(5)13-18(2)14-22(30)6/h11-16,27-28,31-32H,1-10H3. The fourth-order valence-corrected chi connectivity index (χ4v) is 5.29. The van der Waals surface area contributed by atoms with E-state index in [1.807, 2.05) is 41.5 Å². The highest BCUT2D eigenvalue weighted by atomic mass is 16.2. The normalized spacial score (nSPS) is 13.5. The van der Waals surface area contributed by atoms with Gasteiger partial charge in [0.05, 0.1) is 0 Å². The molecule has 0 bridgehead atoms. The summed E-state index contributed by atoms with van der Waals surface area (Å²) in [5.41, 5.74) is 8.09.